The van der Waals surface area contributed by atoms with Crippen molar-refractivity contribution in [3.8, 4) is 0 Å². The fourth-order valence-corrected chi connectivity index (χ4v) is 4.37. The molecule has 7 heteroatoms. The number of amides is 3. The zero-order chi connectivity index (χ0) is 19.0. The minimum atomic E-state index is 0.0473. The Balaban J connectivity index is 1.42. The molecule has 0 spiro atoms. The van der Waals surface area contributed by atoms with E-state index in [2.05, 4.69) is 4.98 Å². The summed E-state index contributed by atoms with van der Waals surface area (Å²) in [4.78, 5) is 35.3. The molecule has 0 N–H and O–H groups in total. The second-order valence-corrected chi connectivity index (χ2v) is 7.90. The Hall–Kier alpha value is -2.57. The highest BCUT2D eigenvalue weighted by Crippen LogP contribution is 2.29. The molecule has 3 aliphatic heterocycles. The zero-order valence-electron chi connectivity index (χ0n) is 16.0. The minimum absolute atomic E-state index is 0.0473. The number of rotatable bonds is 3. The Kier molecular flexibility index (Phi) is 4.76. The fourth-order valence-electron chi connectivity index (χ4n) is 4.37. The van der Waals surface area contributed by atoms with E-state index < -0.39 is 0 Å². The molecule has 5 rings (SSSR count). The lowest BCUT2D eigenvalue weighted by Crippen LogP contribution is -2.48. The summed E-state index contributed by atoms with van der Waals surface area (Å²) in [5.74, 6) is 0.562. The van der Waals surface area contributed by atoms with Crippen LogP contribution >= 0.6 is 0 Å². The van der Waals surface area contributed by atoms with Gasteiger partial charge in [0.05, 0.1) is 17.4 Å². The van der Waals surface area contributed by atoms with Crippen molar-refractivity contribution in [2.24, 2.45) is 5.92 Å². The zero-order valence-corrected chi connectivity index (χ0v) is 16.0. The first-order valence-corrected chi connectivity index (χ1v) is 9.68. The van der Waals surface area contributed by atoms with Gasteiger partial charge in [-0.15, -0.1) is 0 Å². The third-order valence-electron chi connectivity index (χ3n) is 5.78. The van der Waals surface area contributed by atoms with Gasteiger partial charge < -0.3 is 19.3 Å². The summed E-state index contributed by atoms with van der Waals surface area (Å²) in [5, 5.41) is 0. The van der Waals surface area contributed by atoms with Crippen LogP contribution in [0.4, 0.5) is 4.79 Å². The van der Waals surface area contributed by atoms with Crippen LogP contribution in [0.5, 0.6) is 0 Å². The molecule has 1 aromatic carbocycles. The van der Waals surface area contributed by atoms with Gasteiger partial charge in [-0.1, -0.05) is 12.1 Å². The van der Waals surface area contributed by atoms with Gasteiger partial charge in [0.1, 0.15) is 0 Å². The maximum atomic E-state index is 13.0. The molecule has 2 aromatic rings. The van der Waals surface area contributed by atoms with Crippen molar-refractivity contribution in [1.82, 2.24) is 24.3 Å². The van der Waals surface area contributed by atoms with Gasteiger partial charge in [0.25, 0.3) is 0 Å². The Labute approximate surface area is 159 Å². The standard InChI is InChI=1S/C20H27N5O2/c1-22(2)20(27)24-11-15-7-8-16(13-24)25(12-15)19(26)9-10-23-14-21-17-5-3-4-6-18(17)23/h3-6,14-16H,7-13H2,1-2H3/t15-,16+/m0/s1. The highest BCUT2D eigenvalue weighted by Gasteiger charge is 2.38. The fraction of sp³-hybridized carbons (Fsp3) is 0.550. The second-order valence-electron chi connectivity index (χ2n) is 7.90. The van der Waals surface area contributed by atoms with Crippen LogP contribution in [0, 0.1) is 5.92 Å². The van der Waals surface area contributed by atoms with Crippen LogP contribution in [-0.2, 0) is 11.3 Å². The van der Waals surface area contributed by atoms with Crippen LogP contribution in [0.1, 0.15) is 19.3 Å². The van der Waals surface area contributed by atoms with Gasteiger partial charge in [0, 0.05) is 52.7 Å². The quantitative estimate of drug-likeness (QED) is 0.832. The lowest BCUT2D eigenvalue weighted by Gasteiger charge is -2.36. The van der Waals surface area contributed by atoms with Gasteiger partial charge in [0.15, 0.2) is 0 Å². The van der Waals surface area contributed by atoms with Gasteiger partial charge in [0.2, 0.25) is 5.91 Å². The third-order valence-corrected chi connectivity index (χ3v) is 5.78. The number of para-hydroxylation sites is 2. The molecule has 3 aliphatic rings. The van der Waals surface area contributed by atoms with Crippen molar-refractivity contribution in [2.45, 2.75) is 31.8 Å². The van der Waals surface area contributed by atoms with Crippen LogP contribution in [-0.4, -0.2) is 76.0 Å². The second kappa shape index (κ2) is 7.21. The maximum absolute atomic E-state index is 13.0. The van der Waals surface area contributed by atoms with Crippen LogP contribution < -0.4 is 0 Å². The summed E-state index contributed by atoms with van der Waals surface area (Å²) < 4.78 is 2.05. The molecule has 3 saturated heterocycles. The van der Waals surface area contributed by atoms with E-state index in [0.29, 0.717) is 25.4 Å². The van der Waals surface area contributed by atoms with E-state index in [1.54, 1.807) is 19.0 Å². The average molecular weight is 369 g/mol. The number of aryl methyl sites for hydroxylation is 1. The van der Waals surface area contributed by atoms with E-state index >= 15 is 0 Å². The molecule has 7 nitrogen and oxygen atoms in total. The van der Waals surface area contributed by atoms with E-state index in [1.165, 1.54) is 0 Å². The predicted molar refractivity (Wildman–Crippen MR) is 103 cm³/mol. The largest absolute Gasteiger partial charge is 0.338 e. The number of fused-ring (bicyclic) bond motifs is 5. The van der Waals surface area contributed by atoms with Crippen LogP contribution in [0.3, 0.4) is 0 Å². The number of hydrogen-bond donors (Lipinski definition) is 0. The van der Waals surface area contributed by atoms with E-state index in [0.717, 1.165) is 37.0 Å². The van der Waals surface area contributed by atoms with Gasteiger partial charge >= 0.3 is 6.03 Å². The summed E-state index contributed by atoms with van der Waals surface area (Å²) in [6.07, 6.45) is 4.36. The highest BCUT2D eigenvalue weighted by molar-refractivity contribution is 5.78. The monoisotopic (exact) mass is 369 g/mol. The summed E-state index contributed by atoms with van der Waals surface area (Å²) in [6.45, 7) is 2.80. The van der Waals surface area contributed by atoms with Crippen molar-refractivity contribution in [3.63, 3.8) is 0 Å². The van der Waals surface area contributed by atoms with Gasteiger partial charge in [-0.2, -0.15) is 0 Å². The number of nitrogens with zero attached hydrogens (tertiary/aromatic N) is 5. The predicted octanol–water partition coefficient (Wildman–Crippen LogP) is 2.03. The number of urea groups is 1. The van der Waals surface area contributed by atoms with E-state index in [-0.39, 0.29) is 18.0 Å². The van der Waals surface area contributed by atoms with E-state index in [4.69, 9.17) is 0 Å². The first-order chi connectivity index (χ1) is 13.0. The molecule has 144 valence electrons. The number of hydrogen-bond acceptors (Lipinski definition) is 3. The summed E-state index contributed by atoms with van der Waals surface area (Å²) in [7, 11) is 3.57. The Morgan fingerprint density at radius 2 is 1.96 bits per heavy atom. The highest BCUT2D eigenvalue weighted by atomic mass is 16.2. The smallest absolute Gasteiger partial charge is 0.319 e. The third kappa shape index (κ3) is 3.50. The normalized spacial score (nSPS) is 22.1. The van der Waals surface area contributed by atoms with Gasteiger partial charge in [-0.25, -0.2) is 9.78 Å². The van der Waals surface area contributed by atoms with E-state index in [9.17, 15) is 9.59 Å². The molecule has 3 fully saturated rings. The number of benzene rings is 1. The molecule has 27 heavy (non-hydrogen) atoms. The molecule has 0 aliphatic carbocycles. The summed E-state index contributed by atoms with van der Waals surface area (Å²) in [6, 6.07) is 8.17. The number of imidazole rings is 1. The number of carbonyl (C=O) groups is 2. The lowest BCUT2D eigenvalue weighted by molar-refractivity contribution is -0.135. The number of carbonyl (C=O) groups excluding carboxylic acids is 2. The molecule has 0 saturated carbocycles. The molecule has 1 aromatic heterocycles. The first kappa shape index (κ1) is 17.8. The Morgan fingerprint density at radius 1 is 1.15 bits per heavy atom. The molecule has 2 bridgehead atoms. The minimum Gasteiger partial charge on any atom is -0.338 e. The molecule has 3 amide bonds. The Bertz CT molecular complexity index is 846. The van der Waals surface area contributed by atoms with Gasteiger partial charge in [-0.05, 0) is 30.9 Å². The van der Waals surface area contributed by atoms with Crippen molar-refractivity contribution in [2.75, 3.05) is 33.7 Å². The molecule has 2 atom stereocenters. The molecular formula is C20H27N5O2. The van der Waals surface area contributed by atoms with Crippen molar-refractivity contribution in [3.05, 3.63) is 30.6 Å². The van der Waals surface area contributed by atoms with Gasteiger partial charge in [-0.3, -0.25) is 4.79 Å². The van der Waals surface area contributed by atoms with Crippen molar-refractivity contribution < 1.29 is 9.59 Å². The topological polar surface area (TPSA) is 61.7 Å². The van der Waals surface area contributed by atoms with Crippen molar-refractivity contribution >= 4 is 23.0 Å². The molecule has 4 heterocycles. The summed E-state index contributed by atoms with van der Waals surface area (Å²) >= 11 is 0. The van der Waals surface area contributed by atoms with E-state index in [1.807, 2.05) is 45.0 Å². The van der Waals surface area contributed by atoms with Crippen LogP contribution in [0.25, 0.3) is 11.0 Å². The Morgan fingerprint density at radius 3 is 2.78 bits per heavy atom. The van der Waals surface area contributed by atoms with Crippen LogP contribution in [0.15, 0.2) is 30.6 Å². The maximum Gasteiger partial charge on any atom is 0.319 e. The average Bonchev–Trinajstić information content (AvgIpc) is 2.85. The lowest BCUT2D eigenvalue weighted by atomic mass is 9.94. The summed E-state index contributed by atoms with van der Waals surface area (Å²) in [5.41, 5.74) is 2.02. The first-order valence-electron chi connectivity index (χ1n) is 9.68. The molecular weight excluding hydrogens is 342 g/mol. The molecule has 0 radical (unpaired) electrons. The van der Waals surface area contributed by atoms with Crippen molar-refractivity contribution in [1.29, 1.82) is 0 Å². The number of aromatic nitrogens is 2. The number of piperidine rings is 1. The molecule has 0 unspecified atom stereocenters. The SMILES string of the molecule is CN(C)C(=O)N1C[C@@H]2CC[C@H](C1)N(C(=O)CCn1cnc3ccccc31)C2. The van der Waals surface area contributed by atoms with Crippen LogP contribution in [0.2, 0.25) is 0 Å².